The van der Waals surface area contributed by atoms with Crippen LogP contribution in [0.15, 0.2) is 12.3 Å². The zero-order chi connectivity index (χ0) is 14.3. The summed E-state index contributed by atoms with van der Waals surface area (Å²) in [4.78, 5) is 8.29. The van der Waals surface area contributed by atoms with Crippen LogP contribution in [0.5, 0.6) is 0 Å². The first-order valence-corrected chi connectivity index (χ1v) is 6.52. The molecule has 0 saturated heterocycles. The van der Waals surface area contributed by atoms with Crippen LogP contribution in [-0.4, -0.2) is 22.7 Å². The Morgan fingerprint density at radius 1 is 1.37 bits per heavy atom. The summed E-state index contributed by atoms with van der Waals surface area (Å²) in [5.74, 6) is 0.636. The van der Waals surface area contributed by atoms with Crippen molar-refractivity contribution in [3.63, 3.8) is 0 Å². The Bertz CT molecular complexity index is 380. The van der Waals surface area contributed by atoms with E-state index >= 15 is 0 Å². The van der Waals surface area contributed by atoms with Crippen LogP contribution in [-0.2, 0) is 0 Å². The molecule has 3 nitrogen and oxygen atoms in total. The highest BCUT2D eigenvalue weighted by Crippen LogP contribution is 2.25. The number of halogens is 3. The molecule has 19 heavy (non-hydrogen) atoms. The van der Waals surface area contributed by atoms with Gasteiger partial charge in [-0.15, -0.1) is 0 Å². The van der Waals surface area contributed by atoms with Crippen LogP contribution in [0.25, 0.3) is 0 Å². The average molecular weight is 275 g/mol. The van der Waals surface area contributed by atoms with Crippen LogP contribution in [0.3, 0.4) is 0 Å². The van der Waals surface area contributed by atoms with Crippen LogP contribution in [0.1, 0.15) is 50.2 Å². The Labute approximate surface area is 111 Å². The number of alkyl halides is 3. The van der Waals surface area contributed by atoms with Gasteiger partial charge in [-0.1, -0.05) is 6.92 Å². The van der Waals surface area contributed by atoms with Crippen molar-refractivity contribution < 1.29 is 13.2 Å². The van der Waals surface area contributed by atoms with Crippen molar-refractivity contribution in [2.45, 2.75) is 51.7 Å². The van der Waals surface area contributed by atoms with Gasteiger partial charge in [-0.05, 0) is 38.8 Å². The van der Waals surface area contributed by atoms with Crippen molar-refractivity contribution in [2.75, 3.05) is 6.54 Å². The number of nitrogens with one attached hydrogen (secondary N) is 1. The molecule has 0 aliphatic carbocycles. The van der Waals surface area contributed by atoms with E-state index in [1.807, 2.05) is 6.92 Å². The van der Waals surface area contributed by atoms with E-state index < -0.39 is 12.6 Å². The second kappa shape index (κ2) is 7.43. The van der Waals surface area contributed by atoms with Gasteiger partial charge in [0.25, 0.3) is 0 Å². The molecule has 6 heteroatoms. The summed E-state index contributed by atoms with van der Waals surface area (Å²) in [5, 5.41) is 3.24. The van der Waals surface area contributed by atoms with E-state index in [0.717, 1.165) is 18.7 Å². The Morgan fingerprint density at radius 2 is 2.11 bits per heavy atom. The Morgan fingerprint density at radius 3 is 2.68 bits per heavy atom. The van der Waals surface area contributed by atoms with Crippen LogP contribution in [0.2, 0.25) is 0 Å². The highest BCUT2D eigenvalue weighted by atomic mass is 19.4. The summed E-state index contributed by atoms with van der Waals surface area (Å²) >= 11 is 0. The van der Waals surface area contributed by atoms with E-state index in [2.05, 4.69) is 15.3 Å². The molecule has 0 fully saturated rings. The van der Waals surface area contributed by atoms with Crippen LogP contribution in [0, 0.1) is 6.92 Å². The predicted molar refractivity (Wildman–Crippen MR) is 67.7 cm³/mol. The minimum atomic E-state index is -4.09. The molecule has 0 aliphatic heterocycles. The third-order valence-corrected chi connectivity index (χ3v) is 2.75. The molecule has 1 aromatic rings. The van der Waals surface area contributed by atoms with E-state index in [-0.39, 0.29) is 12.5 Å². The zero-order valence-corrected chi connectivity index (χ0v) is 11.3. The third-order valence-electron chi connectivity index (χ3n) is 2.75. The van der Waals surface area contributed by atoms with Gasteiger partial charge in [-0.3, -0.25) is 0 Å². The lowest BCUT2D eigenvalue weighted by Gasteiger charge is -2.18. The van der Waals surface area contributed by atoms with E-state index in [9.17, 15) is 13.2 Å². The lowest BCUT2D eigenvalue weighted by molar-refractivity contribution is -0.135. The summed E-state index contributed by atoms with van der Waals surface area (Å²) < 4.78 is 36.5. The maximum Gasteiger partial charge on any atom is 0.389 e. The van der Waals surface area contributed by atoms with Crippen molar-refractivity contribution in [1.82, 2.24) is 15.3 Å². The molecule has 0 amide bonds. The van der Waals surface area contributed by atoms with Crippen LogP contribution in [0.4, 0.5) is 13.2 Å². The minimum absolute atomic E-state index is 0.105. The number of nitrogens with zero attached hydrogens (tertiary/aromatic N) is 2. The summed E-state index contributed by atoms with van der Waals surface area (Å²) in [5.41, 5.74) is 0.767. The lowest BCUT2D eigenvalue weighted by atomic mass is 10.1. The first-order chi connectivity index (χ1) is 8.92. The van der Waals surface area contributed by atoms with Crippen molar-refractivity contribution >= 4 is 0 Å². The van der Waals surface area contributed by atoms with Gasteiger partial charge >= 0.3 is 6.18 Å². The van der Waals surface area contributed by atoms with E-state index in [1.165, 1.54) is 0 Å². The molecule has 0 spiro atoms. The highest BCUT2D eigenvalue weighted by molar-refractivity contribution is 5.07. The maximum absolute atomic E-state index is 12.2. The molecular weight excluding hydrogens is 255 g/mol. The Balaban J connectivity index is 2.61. The van der Waals surface area contributed by atoms with Gasteiger partial charge < -0.3 is 5.32 Å². The second-order valence-electron chi connectivity index (χ2n) is 4.54. The highest BCUT2D eigenvalue weighted by Gasteiger charge is 2.27. The predicted octanol–water partition coefficient (Wildman–Crippen LogP) is 3.56. The van der Waals surface area contributed by atoms with Gasteiger partial charge in [0.2, 0.25) is 0 Å². The molecule has 1 aromatic heterocycles. The number of rotatable bonds is 7. The van der Waals surface area contributed by atoms with E-state index in [0.29, 0.717) is 12.2 Å². The molecule has 1 heterocycles. The largest absolute Gasteiger partial charge is 0.389 e. The second-order valence-corrected chi connectivity index (χ2v) is 4.54. The van der Waals surface area contributed by atoms with Gasteiger partial charge in [-0.25, -0.2) is 9.97 Å². The fourth-order valence-corrected chi connectivity index (χ4v) is 1.85. The average Bonchev–Trinajstić information content (AvgIpc) is 2.32. The Hall–Kier alpha value is -1.17. The quantitative estimate of drug-likeness (QED) is 0.826. The van der Waals surface area contributed by atoms with Gasteiger partial charge in [0.1, 0.15) is 5.82 Å². The number of aromatic nitrogens is 2. The van der Waals surface area contributed by atoms with Gasteiger partial charge in [0.15, 0.2) is 0 Å². The summed E-state index contributed by atoms with van der Waals surface area (Å²) in [6, 6.07) is 1.62. The first kappa shape index (κ1) is 15.9. The number of aryl methyl sites for hydroxylation is 1. The van der Waals surface area contributed by atoms with Gasteiger partial charge in [-0.2, -0.15) is 13.2 Å². The molecule has 1 rings (SSSR count). The molecular formula is C13H20F3N3. The molecule has 0 aromatic carbocycles. The maximum atomic E-state index is 12.2. The van der Waals surface area contributed by atoms with Gasteiger partial charge in [0, 0.05) is 18.7 Å². The fourth-order valence-electron chi connectivity index (χ4n) is 1.85. The molecule has 108 valence electrons. The van der Waals surface area contributed by atoms with Crippen LogP contribution >= 0.6 is 0 Å². The first-order valence-electron chi connectivity index (χ1n) is 6.52. The van der Waals surface area contributed by atoms with Crippen molar-refractivity contribution in [3.05, 3.63) is 23.8 Å². The van der Waals surface area contributed by atoms with Crippen molar-refractivity contribution in [3.8, 4) is 0 Å². The van der Waals surface area contributed by atoms with E-state index in [1.54, 1.807) is 19.2 Å². The smallest absolute Gasteiger partial charge is 0.309 e. The normalized spacial score (nSPS) is 13.5. The molecule has 0 saturated carbocycles. The molecule has 1 N–H and O–H groups in total. The summed E-state index contributed by atoms with van der Waals surface area (Å²) in [7, 11) is 0. The SMILES string of the molecule is CCCNC(CCCC(F)(F)F)c1ccnc(C)n1. The van der Waals surface area contributed by atoms with E-state index in [4.69, 9.17) is 0 Å². The molecule has 0 bridgehead atoms. The summed E-state index contributed by atoms with van der Waals surface area (Å²) in [6.07, 6.45) is -1.73. The van der Waals surface area contributed by atoms with Crippen LogP contribution < -0.4 is 5.32 Å². The lowest BCUT2D eigenvalue weighted by Crippen LogP contribution is -2.24. The zero-order valence-electron chi connectivity index (χ0n) is 11.3. The Kier molecular flexibility index (Phi) is 6.21. The molecule has 0 radical (unpaired) electrons. The number of hydrogen-bond acceptors (Lipinski definition) is 3. The third kappa shape index (κ3) is 6.52. The molecule has 1 unspecified atom stereocenters. The van der Waals surface area contributed by atoms with Crippen molar-refractivity contribution in [1.29, 1.82) is 0 Å². The standard InChI is InChI=1S/C13H20F3N3/c1-3-8-18-11(5-4-7-13(14,15)16)12-6-9-17-10(2)19-12/h6,9,11,18H,3-5,7-8H2,1-2H3. The summed E-state index contributed by atoms with van der Waals surface area (Å²) in [6.45, 7) is 4.56. The monoisotopic (exact) mass is 275 g/mol. The topological polar surface area (TPSA) is 37.8 Å². The molecule has 1 atom stereocenters. The molecule has 0 aliphatic rings. The van der Waals surface area contributed by atoms with Gasteiger partial charge in [0.05, 0.1) is 5.69 Å². The van der Waals surface area contributed by atoms with Crippen molar-refractivity contribution in [2.24, 2.45) is 0 Å². The number of hydrogen-bond donors (Lipinski definition) is 1. The fraction of sp³-hybridized carbons (Fsp3) is 0.692. The minimum Gasteiger partial charge on any atom is -0.309 e.